The second-order valence-electron chi connectivity index (χ2n) is 27.7. The van der Waals surface area contributed by atoms with Gasteiger partial charge in [0.15, 0.2) is 30.6 Å². The van der Waals surface area contributed by atoms with E-state index < -0.39 is 160 Å². The maximum absolute atomic E-state index is 15.4. The van der Waals surface area contributed by atoms with E-state index in [0.29, 0.717) is 57.8 Å². The number of fused-ring (bicyclic) bond motifs is 7. The van der Waals surface area contributed by atoms with Crippen molar-refractivity contribution in [3.63, 3.8) is 0 Å². The smallest absolute Gasteiger partial charge is 0.326 e. The first-order chi connectivity index (χ1) is 38.0. The molecular weight excluding hydrogens is 1070 g/mol. The number of nitrogens with one attached hydrogen (secondary N) is 3. The highest BCUT2D eigenvalue weighted by Gasteiger charge is 2.71. The zero-order valence-corrected chi connectivity index (χ0v) is 50.2. The molecular formula is C60H95N3O19. The molecule has 22 heteroatoms. The minimum Gasteiger partial charge on any atom is -0.480 e. The van der Waals surface area contributed by atoms with Gasteiger partial charge in [-0.25, -0.2) is 14.4 Å². The maximum atomic E-state index is 15.4. The van der Waals surface area contributed by atoms with Gasteiger partial charge in [0.1, 0.15) is 54.7 Å². The van der Waals surface area contributed by atoms with Crippen molar-refractivity contribution in [2.75, 3.05) is 0 Å². The molecule has 0 aromatic carbocycles. The second kappa shape index (κ2) is 24.0. The molecule has 0 spiro atoms. The number of carboxylic acids is 3. The highest BCUT2D eigenvalue weighted by atomic mass is 16.8. The van der Waals surface area contributed by atoms with Crippen molar-refractivity contribution in [1.29, 1.82) is 0 Å². The Morgan fingerprint density at radius 2 is 1.10 bits per heavy atom. The number of aliphatic carboxylic acids is 3. The molecule has 2 heterocycles. The third kappa shape index (κ3) is 11.3. The average Bonchev–Trinajstić information content (AvgIpc) is 0.711. The van der Waals surface area contributed by atoms with Gasteiger partial charge in [0.25, 0.3) is 11.8 Å². The van der Waals surface area contributed by atoms with Crippen molar-refractivity contribution < 1.29 is 93.4 Å². The van der Waals surface area contributed by atoms with Gasteiger partial charge < -0.3 is 75.8 Å². The molecule has 464 valence electrons. The van der Waals surface area contributed by atoms with Crippen molar-refractivity contribution in [2.45, 2.75) is 253 Å². The minimum absolute atomic E-state index is 0.0109. The van der Waals surface area contributed by atoms with Crippen LogP contribution < -0.4 is 16.0 Å². The molecule has 7 aliphatic rings. The predicted molar refractivity (Wildman–Crippen MR) is 294 cm³/mol. The number of aliphatic hydroxyl groups excluding tert-OH is 5. The number of ketones is 1. The molecule has 4 saturated carbocycles. The highest BCUT2D eigenvalue weighted by molar-refractivity contribution is 5.96. The van der Waals surface area contributed by atoms with Crippen LogP contribution in [0.15, 0.2) is 11.6 Å². The number of carbonyl (C=O) groups is 7. The number of rotatable bonds is 19. The van der Waals surface area contributed by atoms with Crippen LogP contribution in [-0.2, 0) is 52.5 Å². The molecule has 5 aliphatic carbocycles. The van der Waals surface area contributed by atoms with E-state index in [1.807, 2.05) is 40.7 Å². The van der Waals surface area contributed by atoms with Gasteiger partial charge >= 0.3 is 17.9 Å². The summed E-state index contributed by atoms with van der Waals surface area (Å²) in [5.74, 6) is -8.54. The number of aliphatic hydroxyl groups is 5. The van der Waals surface area contributed by atoms with Crippen molar-refractivity contribution >= 4 is 41.4 Å². The van der Waals surface area contributed by atoms with Gasteiger partial charge in [-0.1, -0.05) is 115 Å². The molecule has 3 amide bonds. The van der Waals surface area contributed by atoms with Crippen molar-refractivity contribution in [3.05, 3.63) is 11.6 Å². The SMILES string of the molecule is CCC(C)C(NC(=O)C1O[C@@H](OC2CC[C@@]3(C)C(CC[C@]4(C)C3C(=O)C=C3C5C[C@@](C)(C(=O)NC(C(=O)O)C(C)CC)CC[C@]5(C)CC[C@]34C)C2(C)C)C(O[C@@H]2OC(C(=O)NC(C(=O)O)C(C)CC)[C@@H](O)[C@H](O)C2O)C(O)[C@@H]1O)C(=O)O. The van der Waals surface area contributed by atoms with Gasteiger partial charge in [0.2, 0.25) is 5.91 Å². The van der Waals surface area contributed by atoms with Crippen molar-refractivity contribution in [2.24, 2.45) is 68.0 Å². The summed E-state index contributed by atoms with van der Waals surface area (Å²) in [5.41, 5.74) is -2.41. The summed E-state index contributed by atoms with van der Waals surface area (Å²) >= 11 is 0. The highest BCUT2D eigenvalue weighted by Crippen LogP contribution is 2.75. The van der Waals surface area contributed by atoms with Crippen LogP contribution in [0, 0.1) is 68.0 Å². The number of ether oxygens (including phenoxy) is 4. The van der Waals surface area contributed by atoms with E-state index in [-0.39, 0.29) is 34.9 Å². The Balaban J connectivity index is 1.19. The van der Waals surface area contributed by atoms with Crippen LogP contribution >= 0.6 is 0 Å². The lowest BCUT2D eigenvalue weighted by Gasteiger charge is -2.70. The fraction of sp³-hybridized carbons (Fsp3) is 0.850. The largest absolute Gasteiger partial charge is 0.480 e. The van der Waals surface area contributed by atoms with Gasteiger partial charge in [-0.15, -0.1) is 0 Å². The maximum Gasteiger partial charge on any atom is 0.326 e. The molecule has 0 aromatic heterocycles. The van der Waals surface area contributed by atoms with Gasteiger partial charge in [-0.05, 0) is 121 Å². The molecule has 0 radical (unpaired) electrons. The fourth-order valence-corrected chi connectivity index (χ4v) is 16.2. The Labute approximate surface area is 481 Å². The van der Waals surface area contributed by atoms with Crippen LogP contribution in [0.3, 0.4) is 0 Å². The van der Waals surface area contributed by atoms with Gasteiger partial charge in [-0.2, -0.15) is 0 Å². The van der Waals surface area contributed by atoms with Gasteiger partial charge in [0, 0.05) is 11.3 Å². The van der Waals surface area contributed by atoms with Crippen molar-refractivity contribution in [1.82, 2.24) is 16.0 Å². The summed E-state index contributed by atoms with van der Waals surface area (Å²) in [6.07, 6.45) is -12.5. The molecule has 2 aliphatic heterocycles. The first kappa shape index (κ1) is 65.4. The topological polar surface area (TPSA) is 354 Å². The quantitative estimate of drug-likeness (QED) is 0.0819. The molecule has 25 atom stereocenters. The fourth-order valence-electron chi connectivity index (χ4n) is 16.2. The standard InChI is InChI=1S/C60H95N3O19/c1-14-27(4)35(49(72)73)61-47(70)43-39(66)38(65)42(69)52(80-43)82-45-41(68)40(67)44(48(71)62-36(50(74)75)28(5)15-2)81-53(45)79-34-18-19-58(11)33(55(34,7)8)17-20-60(13)46(58)32(64)25-30-31-26-57(10,22-21-56(31,9)23-24-59(30,60)12)54(78)63-37(51(76)77)29(6)16-3/h25,27-29,31,33-46,52-53,65-69H,14-24,26H2,1-13H3,(H,61,70)(H,62,71)(H,63,78)(H,72,73)(H,74,75)(H,76,77)/t27?,28?,29?,31?,33?,34?,35?,36?,37?,38-,39-,40-,41?,42?,43?,44?,45?,46?,52-,53+,56+,57-,58-,59+,60+/m0/s1. The number of carboxylic acid groups (broad SMARTS) is 3. The molecule has 11 N–H and O–H groups in total. The van der Waals surface area contributed by atoms with Crippen LogP contribution in [0.5, 0.6) is 0 Å². The van der Waals surface area contributed by atoms with E-state index in [4.69, 9.17) is 18.9 Å². The lowest BCUT2D eigenvalue weighted by Crippen LogP contribution is -2.69. The first-order valence-electron chi connectivity index (χ1n) is 29.9. The average molecular weight is 1160 g/mol. The summed E-state index contributed by atoms with van der Waals surface area (Å²) in [4.78, 5) is 94.2. The molecule has 0 bridgehead atoms. The predicted octanol–water partition coefficient (Wildman–Crippen LogP) is 3.84. The Kier molecular flexibility index (Phi) is 19.1. The van der Waals surface area contributed by atoms with E-state index in [1.54, 1.807) is 27.7 Å². The third-order valence-corrected chi connectivity index (χ3v) is 22.6. The summed E-state index contributed by atoms with van der Waals surface area (Å²) in [6.45, 7) is 25.2. The van der Waals surface area contributed by atoms with Crippen LogP contribution in [-0.4, -0.2) is 168 Å². The van der Waals surface area contributed by atoms with E-state index in [1.165, 1.54) is 0 Å². The second-order valence-corrected chi connectivity index (χ2v) is 27.7. The molecule has 6 fully saturated rings. The van der Waals surface area contributed by atoms with Crippen LogP contribution in [0.25, 0.3) is 0 Å². The normalized spacial score (nSPS) is 42.8. The zero-order valence-electron chi connectivity index (χ0n) is 50.2. The lowest BCUT2D eigenvalue weighted by atomic mass is 9.33. The minimum atomic E-state index is -2.14. The number of hydrogen-bond donors (Lipinski definition) is 11. The molecule has 22 nitrogen and oxygen atoms in total. The van der Waals surface area contributed by atoms with E-state index >= 15 is 4.79 Å². The number of allylic oxidation sites excluding steroid dienone is 2. The third-order valence-electron chi connectivity index (χ3n) is 22.6. The summed E-state index contributed by atoms with van der Waals surface area (Å²) in [6, 6.07) is -3.90. The Hall–Kier alpha value is -4.13. The van der Waals surface area contributed by atoms with E-state index in [2.05, 4.69) is 43.6 Å². The van der Waals surface area contributed by atoms with Crippen molar-refractivity contribution in [3.8, 4) is 0 Å². The molecule has 82 heavy (non-hydrogen) atoms. The van der Waals surface area contributed by atoms with Gasteiger partial charge in [-0.3, -0.25) is 19.2 Å². The molecule has 0 aromatic rings. The Morgan fingerprint density at radius 1 is 0.610 bits per heavy atom. The summed E-state index contributed by atoms with van der Waals surface area (Å²) in [7, 11) is 0. The lowest BCUT2D eigenvalue weighted by molar-refractivity contribution is -0.369. The summed E-state index contributed by atoms with van der Waals surface area (Å²) < 4.78 is 25.1. The molecule has 15 unspecified atom stereocenters. The van der Waals surface area contributed by atoms with Crippen LogP contribution in [0.1, 0.15) is 167 Å². The molecule has 7 rings (SSSR count). The van der Waals surface area contributed by atoms with Crippen LogP contribution in [0.4, 0.5) is 0 Å². The monoisotopic (exact) mass is 1160 g/mol. The Morgan fingerprint density at radius 3 is 1.61 bits per heavy atom. The zero-order chi connectivity index (χ0) is 61.3. The number of amides is 3. The molecule has 2 saturated heterocycles. The Bertz CT molecular complexity index is 2470. The van der Waals surface area contributed by atoms with Crippen LogP contribution in [0.2, 0.25) is 0 Å². The first-order valence-corrected chi connectivity index (χ1v) is 29.9. The number of carbonyl (C=O) groups excluding carboxylic acids is 4. The van der Waals surface area contributed by atoms with E-state index in [9.17, 15) is 69.6 Å². The van der Waals surface area contributed by atoms with E-state index in [0.717, 1.165) is 24.8 Å². The number of hydrogen-bond acceptors (Lipinski definition) is 16. The summed E-state index contributed by atoms with van der Waals surface area (Å²) in [5, 5.41) is 94.8. The van der Waals surface area contributed by atoms with Gasteiger partial charge in [0.05, 0.1) is 6.10 Å².